The number of hydrogen-bond acceptors (Lipinski definition) is 2. The van der Waals surface area contributed by atoms with E-state index in [0.29, 0.717) is 5.75 Å². The molecule has 1 aliphatic heterocycles. The molecule has 16 heavy (non-hydrogen) atoms. The topological polar surface area (TPSA) is 39.3 Å². The molecule has 3 heteroatoms. The molecular weight excluding hydrogens is 200 g/mol. The third kappa shape index (κ3) is 1.57. The van der Waals surface area contributed by atoms with Crippen molar-refractivity contribution in [3.63, 3.8) is 0 Å². The number of benzene rings is 1. The summed E-state index contributed by atoms with van der Waals surface area (Å²) in [5, 5.41) is 10.8. The number of rotatable bonds is 3. The van der Waals surface area contributed by atoms with Crippen LogP contribution >= 0.6 is 0 Å². The van der Waals surface area contributed by atoms with Crippen LogP contribution in [0.4, 0.5) is 0 Å². The summed E-state index contributed by atoms with van der Waals surface area (Å²) in [7, 11) is 0. The number of nitrogens with one attached hydrogen (secondary N) is 1. The van der Waals surface area contributed by atoms with E-state index in [1.165, 1.54) is 25.1 Å². The molecule has 1 aromatic heterocycles. The van der Waals surface area contributed by atoms with E-state index >= 15 is 0 Å². The minimum atomic E-state index is 0.340. The van der Waals surface area contributed by atoms with Crippen LogP contribution in [0.1, 0.15) is 12.0 Å². The average molecular weight is 216 g/mol. The number of fused-ring (bicyclic) bond motifs is 1. The van der Waals surface area contributed by atoms with E-state index in [1.54, 1.807) is 6.07 Å². The zero-order chi connectivity index (χ0) is 11.0. The Hall–Kier alpha value is -1.48. The van der Waals surface area contributed by atoms with Gasteiger partial charge in [0.1, 0.15) is 5.75 Å². The van der Waals surface area contributed by atoms with Gasteiger partial charge in [-0.15, -0.1) is 0 Å². The molecule has 3 nitrogen and oxygen atoms in total. The van der Waals surface area contributed by atoms with E-state index < -0.39 is 0 Å². The van der Waals surface area contributed by atoms with Gasteiger partial charge in [-0.25, -0.2) is 0 Å². The number of nitrogens with zero attached hydrogens (tertiary/aromatic N) is 1. The summed E-state index contributed by atoms with van der Waals surface area (Å²) >= 11 is 0. The summed E-state index contributed by atoms with van der Waals surface area (Å²) in [4.78, 5) is 5.61. The Morgan fingerprint density at radius 1 is 1.31 bits per heavy atom. The summed E-state index contributed by atoms with van der Waals surface area (Å²) in [6, 6.07) is 5.69. The molecule has 1 aliphatic rings. The van der Waals surface area contributed by atoms with E-state index in [-0.39, 0.29) is 0 Å². The van der Waals surface area contributed by atoms with Crippen molar-refractivity contribution in [3.8, 4) is 5.75 Å². The molecule has 0 radical (unpaired) electrons. The van der Waals surface area contributed by atoms with Crippen molar-refractivity contribution in [2.24, 2.45) is 0 Å². The van der Waals surface area contributed by atoms with E-state index in [1.807, 2.05) is 12.3 Å². The fraction of sp³-hybridized carbons (Fsp3) is 0.385. The summed E-state index contributed by atoms with van der Waals surface area (Å²) in [5.41, 5.74) is 2.17. The number of para-hydroxylation sites is 1. The molecule has 1 aromatic carbocycles. The zero-order valence-corrected chi connectivity index (χ0v) is 9.24. The lowest BCUT2D eigenvalue weighted by Crippen LogP contribution is -2.38. The molecule has 0 saturated carbocycles. The number of aromatic hydroxyl groups is 1. The van der Waals surface area contributed by atoms with Crippen molar-refractivity contribution in [2.75, 3.05) is 19.6 Å². The Bertz CT molecular complexity index is 500. The van der Waals surface area contributed by atoms with Gasteiger partial charge in [0, 0.05) is 18.1 Å². The molecule has 3 rings (SSSR count). The Morgan fingerprint density at radius 3 is 2.94 bits per heavy atom. The van der Waals surface area contributed by atoms with E-state index in [9.17, 15) is 5.11 Å². The van der Waals surface area contributed by atoms with E-state index in [0.717, 1.165) is 23.9 Å². The van der Waals surface area contributed by atoms with Crippen molar-refractivity contribution >= 4 is 10.9 Å². The second-order valence-electron chi connectivity index (χ2n) is 4.46. The van der Waals surface area contributed by atoms with Gasteiger partial charge in [-0.05, 0) is 37.6 Å². The minimum Gasteiger partial charge on any atom is -0.506 e. The van der Waals surface area contributed by atoms with Crippen LogP contribution in [-0.4, -0.2) is 34.6 Å². The lowest BCUT2D eigenvalue weighted by atomic mass is 10.1. The molecule has 0 atom stereocenters. The van der Waals surface area contributed by atoms with Crippen molar-refractivity contribution in [1.82, 2.24) is 9.88 Å². The Morgan fingerprint density at radius 2 is 2.19 bits per heavy atom. The first-order valence-electron chi connectivity index (χ1n) is 5.85. The van der Waals surface area contributed by atoms with Crippen LogP contribution in [0, 0.1) is 0 Å². The van der Waals surface area contributed by atoms with Crippen molar-refractivity contribution in [3.05, 3.63) is 30.0 Å². The van der Waals surface area contributed by atoms with Crippen LogP contribution in [0.2, 0.25) is 0 Å². The summed E-state index contributed by atoms with van der Waals surface area (Å²) in [6.07, 6.45) is 4.42. The van der Waals surface area contributed by atoms with Gasteiger partial charge >= 0.3 is 0 Å². The molecule has 0 bridgehead atoms. The van der Waals surface area contributed by atoms with Crippen LogP contribution in [0.5, 0.6) is 5.75 Å². The maximum absolute atomic E-state index is 9.68. The molecule has 84 valence electrons. The van der Waals surface area contributed by atoms with Crippen LogP contribution in [0.25, 0.3) is 10.9 Å². The second-order valence-corrected chi connectivity index (χ2v) is 4.46. The smallest absolute Gasteiger partial charge is 0.139 e. The molecule has 2 heterocycles. The maximum Gasteiger partial charge on any atom is 0.139 e. The predicted octanol–water partition coefficient (Wildman–Crippen LogP) is 2.12. The van der Waals surface area contributed by atoms with Gasteiger partial charge in [0.15, 0.2) is 0 Å². The molecule has 2 N–H and O–H groups in total. The molecule has 0 aliphatic carbocycles. The monoisotopic (exact) mass is 216 g/mol. The molecule has 0 spiro atoms. The zero-order valence-electron chi connectivity index (χ0n) is 9.24. The van der Waals surface area contributed by atoms with Crippen LogP contribution in [0.15, 0.2) is 24.4 Å². The molecule has 1 saturated heterocycles. The normalized spacial score (nSPS) is 16.5. The lowest BCUT2D eigenvalue weighted by Gasteiger charge is -2.30. The Balaban J connectivity index is 1.83. The first kappa shape index (κ1) is 9.73. The summed E-state index contributed by atoms with van der Waals surface area (Å²) < 4.78 is 0. The summed E-state index contributed by atoms with van der Waals surface area (Å²) in [5.74, 6) is 0.340. The van der Waals surface area contributed by atoms with Crippen LogP contribution in [0.3, 0.4) is 0 Å². The number of phenols is 1. The number of aromatic amines is 1. The van der Waals surface area contributed by atoms with Gasteiger partial charge in [-0.3, -0.25) is 0 Å². The third-order valence-electron chi connectivity index (χ3n) is 3.43. The number of likely N-dealkylation sites (tertiary alicyclic amines) is 1. The number of H-pyrrole nitrogens is 1. The number of hydrogen-bond donors (Lipinski definition) is 2. The van der Waals surface area contributed by atoms with Crippen LogP contribution < -0.4 is 0 Å². The predicted molar refractivity (Wildman–Crippen MR) is 64.7 cm³/mol. The van der Waals surface area contributed by atoms with Crippen molar-refractivity contribution < 1.29 is 5.11 Å². The first-order chi connectivity index (χ1) is 7.84. The average Bonchev–Trinajstić information content (AvgIpc) is 2.61. The molecule has 0 amide bonds. The maximum atomic E-state index is 9.68. The van der Waals surface area contributed by atoms with Gasteiger partial charge in [0.2, 0.25) is 0 Å². The van der Waals surface area contributed by atoms with Gasteiger partial charge < -0.3 is 15.0 Å². The SMILES string of the molecule is Oc1cccc2c(CCN3CCC3)c[nH]c12. The molecule has 0 unspecified atom stereocenters. The minimum absolute atomic E-state index is 0.340. The second kappa shape index (κ2) is 3.83. The van der Waals surface area contributed by atoms with Crippen molar-refractivity contribution in [2.45, 2.75) is 12.8 Å². The highest BCUT2D eigenvalue weighted by atomic mass is 16.3. The quantitative estimate of drug-likeness (QED) is 0.825. The lowest BCUT2D eigenvalue weighted by molar-refractivity contribution is 0.184. The van der Waals surface area contributed by atoms with Gasteiger partial charge in [0.25, 0.3) is 0 Å². The van der Waals surface area contributed by atoms with Gasteiger partial charge in [-0.1, -0.05) is 12.1 Å². The highest BCUT2D eigenvalue weighted by molar-refractivity contribution is 5.88. The highest BCUT2D eigenvalue weighted by Gasteiger charge is 2.14. The molecule has 2 aromatic rings. The summed E-state index contributed by atoms with van der Waals surface area (Å²) in [6.45, 7) is 3.61. The fourth-order valence-electron chi connectivity index (χ4n) is 2.29. The number of aromatic nitrogens is 1. The number of phenolic OH excluding ortho intramolecular Hbond substituents is 1. The van der Waals surface area contributed by atoms with E-state index in [2.05, 4.69) is 16.0 Å². The van der Waals surface area contributed by atoms with Gasteiger partial charge in [0.05, 0.1) is 5.52 Å². The highest BCUT2D eigenvalue weighted by Crippen LogP contribution is 2.26. The van der Waals surface area contributed by atoms with E-state index in [4.69, 9.17) is 0 Å². The fourth-order valence-corrected chi connectivity index (χ4v) is 2.29. The largest absolute Gasteiger partial charge is 0.506 e. The molecular formula is C13H16N2O. The standard InChI is InChI=1S/C13H16N2O/c16-12-4-1-3-11-10(9-14-13(11)12)5-8-15-6-2-7-15/h1,3-4,9,14,16H,2,5-8H2. The van der Waals surface area contributed by atoms with Crippen LogP contribution in [-0.2, 0) is 6.42 Å². The van der Waals surface area contributed by atoms with Crippen molar-refractivity contribution in [1.29, 1.82) is 0 Å². The Kier molecular flexibility index (Phi) is 2.33. The Labute approximate surface area is 94.7 Å². The molecule has 1 fully saturated rings. The van der Waals surface area contributed by atoms with Gasteiger partial charge in [-0.2, -0.15) is 0 Å². The third-order valence-corrected chi connectivity index (χ3v) is 3.43. The first-order valence-corrected chi connectivity index (χ1v) is 5.85.